The summed E-state index contributed by atoms with van der Waals surface area (Å²) in [5.41, 5.74) is 0.484. The molecule has 0 saturated carbocycles. The van der Waals surface area contributed by atoms with Crippen LogP contribution in [0.15, 0.2) is 30.9 Å². The van der Waals surface area contributed by atoms with Crippen LogP contribution in [-0.2, 0) is 0 Å². The SMILES string of the molecule is C=CCNCC(=O)c1ccc(Cl)cc1Cl. The van der Waals surface area contributed by atoms with Gasteiger partial charge in [0.15, 0.2) is 5.78 Å². The van der Waals surface area contributed by atoms with Crippen molar-refractivity contribution < 1.29 is 4.79 Å². The van der Waals surface area contributed by atoms with E-state index < -0.39 is 0 Å². The van der Waals surface area contributed by atoms with Crippen molar-refractivity contribution in [3.8, 4) is 0 Å². The van der Waals surface area contributed by atoms with E-state index in [4.69, 9.17) is 23.2 Å². The number of Topliss-reactive ketones (excluding diaryl/α,β-unsaturated/α-hetero) is 1. The highest BCUT2D eigenvalue weighted by Crippen LogP contribution is 2.21. The molecule has 0 aliphatic rings. The van der Waals surface area contributed by atoms with Gasteiger partial charge in [0.1, 0.15) is 0 Å². The van der Waals surface area contributed by atoms with E-state index in [-0.39, 0.29) is 12.3 Å². The second-order valence-electron chi connectivity index (χ2n) is 2.97. The number of benzene rings is 1. The molecule has 0 radical (unpaired) electrons. The summed E-state index contributed by atoms with van der Waals surface area (Å²) >= 11 is 11.6. The lowest BCUT2D eigenvalue weighted by molar-refractivity contribution is 0.0992. The molecule has 4 heteroatoms. The molecule has 0 bridgehead atoms. The maximum Gasteiger partial charge on any atom is 0.178 e. The molecule has 2 nitrogen and oxygen atoms in total. The number of hydrogen-bond acceptors (Lipinski definition) is 2. The molecule has 1 rings (SSSR count). The molecular weight excluding hydrogens is 233 g/mol. The maximum atomic E-state index is 11.6. The van der Waals surface area contributed by atoms with E-state index in [1.807, 2.05) is 0 Å². The van der Waals surface area contributed by atoms with Gasteiger partial charge in [0, 0.05) is 17.1 Å². The van der Waals surface area contributed by atoms with Crippen LogP contribution < -0.4 is 5.32 Å². The van der Waals surface area contributed by atoms with Crippen LogP contribution in [0.5, 0.6) is 0 Å². The summed E-state index contributed by atoms with van der Waals surface area (Å²) in [5, 5.41) is 3.82. The Morgan fingerprint density at radius 3 is 2.80 bits per heavy atom. The molecule has 1 aromatic rings. The lowest BCUT2D eigenvalue weighted by Crippen LogP contribution is -2.23. The molecule has 0 aromatic heterocycles. The van der Waals surface area contributed by atoms with Crippen molar-refractivity contribution in [1.29, 1.82) is 0 Å². The molecule has 0 fully saturated rings. The summed E-state index contributed by atoms with van der Waals surface area (Å²) in [7, 11) is 0. The molecule has 0 saturated heterocycles. The molecule has 0 spiro atoms. The molecule has 0 atom stereocenters. The first kappa shape index (κ1) is 12.2. The Kier molecular flexibility index (Phi) is 4.82. The minimum absolute atomic E-state index is 0.0569. The van der Waals surface area contributed by atoms with Crippen molar-refractivity contribution in [3.63, 3.8) is 0 Å². The van der Waals surface area contributed by atoms with Crippen LogP contribution in [0.1, 0.15) is 10.4 Å². The van der Waals surface area contributed by atoms with E-state index in [2.05, 4.69) is 11.9 Å². The molecule has 80 valence electrons. The van der Waals surface area contributed by atoms with E-state index in [0.29, 0.717) is 22.2 Å². The number of carbonyl (C=O) groups is 1. The summed E-state index contributed by atoms with van der Waals surface area (Å²) in [4.78, 5) is 11.6. The van der Waals surface area contributed by atoms with Crippen molar-refractivity contribution in [1.82, 2.24) is 5.32 Å². The van der Waals surface area contributed by atoms with Crippen LogP contribution >= 0.6 is 23.2 Å². The first-order valence-corrected chi connectivity index (χ1v) is 5.20. The van der Waals surface area contributed by atoms with Gasteiger partial charge in [0.05, 0.1) is 11.6 Å². The molecule has 0 aliphatic heterocycles. The Morgan fingerprint density at radius 1 is 1.47 bits per heavy atom. The van der Waals surface area contributed by atoms with Gasteiger partial charge >= 0.3 is 0 Å². The van der Waals surface area contributed by atoms with Gasteiger partial charge in [0.25, 0.3) is 0 Å². The average Bonchev–Trinajstić information content (AvgIpc) is 2.17. The van der Waals surface area contributed by atoms with Crippen molar-refractivity contribution in [3.05, 3.63) is 46.5 Å². The number of nitrogens with one attached hydrogen (secondary N) is 1. The van der Waals surface area contributed by atoms with Gasteiger partial charge in [-0.2, -0.15) is 0 Å². The second kappa shape index (κ2) is 5.91. The molecule has 15 heavy (non-hydrogen) atoms. The first-order chi connectivity index (χ1) is 7.15. The predicted octanol–water partition coefficient (Wildman–Crippen LogP) is 2.95. The van der Waals surface area contributed by atoms with Gasteiger partial charge in [0.2, 0.25) is 0 Å². The molecule has 0 amide bonds. The second-order valence-corrected chi connectivity index (χ2v) is 3.81. The molecule has 0 aliphatic carbocycles. The maximum absolute atomic E-state index is 11.6. The van der Waals surface area contributed by atoms with Crippen LogP contribution in [0.25, 0.3) is 0 Å². The van der Waals surface area contributed by atoms with E-state index >= 15 is 0 Å². The van der Waals surface area contributed by atoms with Crippen LogP contribution in [0.3, 0.4) is 0 Å². The quantitative estimate of drug-likeness (QED) is 0.490. The number of ketones is 1. The Balaban J connectivity index is 2.69. The third kappa shape index (κ3) is 3.67. The fourth-order valence-electron chi connectivity index (χ4n) is 1.10. The highest BCUT2D eigenvalue weighted by Gasteiger charge is 2.09. The van der Waals surface area contributed by atoms with Gasteiger partial charge in [-0.15, -0.1) is 6.58 Å². The Bertz CT molecular complexity index is 377. The first-order valence-electron chi connectivity index (χ1n) is 4.45. The normalized spacial score (nSPS) is 10.0. The molecule has 0 unspecified atom stereocenters. The van der Waals surface area contributed by atoms with Gasteiger partial charge in [-0.3, -0.25) is 4.79 Å². The zero-order valence-corrected chi connectivity index (χ0v) is 9.61. The zero-order valence-electron chi connectivity index (χ0n) is 8.09. The third-order valence-electron chi connectivity index (χ3n) is 1.81. The zero-order chi connectivity index (χ0) is 11.3. The van der Waals surface area contributed by atoms with E-state index in [0.717, 1.165) is 0 Å². The highest BCUT2D eigenvalue weighted by atomic mass is 35.5. The summed E-state index contributed by atoms with van der Waals surface area (Å²) in [5.74, 6) is -0.0569. The van der Waals surface area contributed by atoms with Crippen LogP contribution in [0, 0.1) is 0 Å². The number of halogens is 2. The standard InChI is InChI=1S/C11H11Cl2NO/c1-2-5-14-7-11(15)9-4-3-8(12)6-10(9)13/h2-4,6,14H,1,5,7H2. The van der Waals surface area contributed by atoms with Gasteiger partial charge in [-0.25, -0.2) is 0 Å². The lowest BCUT2D eigenvalue weighted by atomic mass is 10.1. The summed E-state index contributed by atoms with van der Waals surface area (Å²) in [6, 6.07) is 4.83. The molecule has 1 aromatic carbocycles. The molecular formula is C11H11Cl2NO. The Labute approximate surface area is 98.9 Å². The van der Waals surface area contributed by atoms with E-state index in [9.17, 15) is 4.79 Å². The summed E-state index contributed by atoms with van der Waals surface area (Å²) in [6.07, 6.45) is 1.69. The smallest absolute Gasteiger partial charge is 0.178 e. The largest absolute Gasteiger partial charge is 0.306 e. The monoisotopic (exact) mass is 243 g/mol. The minimum atomic E-state index is -0.0569. The van der Waals surface area contributed by atoms with Crippen molar-refractivity contribution in [2.24, 2.45) is 0 Å². The van der Waals surface area contributed by atoms with Gasteiger partial charge in [-0.05, 0) is 18.2 Å². The predicted molar refractivity (Wildman–Crippen MR) is 63.9 cm³/mol. The van der Waals surface area contributed by atoms with E-state index in [1.54, 1.807) is 24.3 Å². The van der Waals surface area contributed by atoms with Crippen molar-refractivity contribution in [2.45, 2.75) is 0 Å². The topological polar surface area (TPSA) is 29.1 Å². The number of carbonyl (C=O) groups excluding carboxylic acids is 1. The minimum Gasteiger partial charge on any atom is -0.306 e. The number of hydrogen-bond donors (Lipinski definition) is 1. The van der Waals surface area contributed by atoms with Crippen molar-refractivity contribution in [2.75, 3.05) is 13.1 Å². The Hall–Kier alpha value is -0.830. The lowest BCUT2D eigenvalue weighted by Gasteiger charge is -2.04. The van der Waals surface area contributed by atoms with Crippen LogP contribution in [0.4, 0.5) is 0 Å². The third-order valence-corrected chi connectivity index (χ3v) is 2.35. The summed E-state index contributed by atoms with van der Waals surface area (Å²) < 4.78 is 0. The Morgan fingerprint density at radius 2 is 2.20 bits per heavy atom. The number of rotatable bonds is 5. The van der Waals surface area contributed by atoms with Gasteiger partial charge in [-0.1, -0.05) is 29.3 Å². The van der Waals surface area contributed by atoms with Crippen LogP contribution in [-0.4, -0.2) is 18.9 Å². The average molecular weight is 244 g/mol. The summed E-state index contributed by atoms with van der Waals surface area (Å²) in [6.45, 7) is 4.38. The molecule has 1 N–H and O–H groups in total. The van der Waals surface area contributed by atoms with Gasteiger partial charge < -0.3 is 5.32 Å². The molecule has 0 heterocycles. The highest BCUT2D eigenvalue weighted by molar-refractivity contribution is 6.36. The van der Waals surface area contributed by atoms with Crippen molar-refractivity contribution >= 4 is 29.0 Å². The van der Waals surface area contributed by atoms with Crippen LogP contribution in [0.2, 0.25) is 10.0 Å². The fourth-order valence-corrected chi connectivity index (χ4v) is 1.61. The van der Waals surface area contributed by atoms with E-state index in [1.165, 1.54) is 0 Å². The fraction of sp³-hybridized carbons (Fsp3) is 0.182.